The van der Waals surface area contributed by atoms with Crippen LogP contribution in [-0.2, 0) is 10.2 Å². The number of carboxylic acid groups (broad SMARTS) is 1. The highest BCUT2D eigenvalue weighted by Gasteiger charge is 2.28. The second-order valence-electron chi connectivity index (χ2n) is 6.44. The summed E-state index contributed by atoms with van der Waals surface area (Å²) in [5.41, 5.74) is 0.528. The molecule has 0 bridgehead atoms. The van der Waals surface area contributed by atoms with E-state index in [9.17, 15) is 9.90 Å². The van der Waals surface area contributed by atoms with Crippen LogP contribution >= 0.6 is 0 Å². The Morgan fingerprint density at radius 2 is 1.95 bits per heavy atom. The Bertz CT molecular complexity index is 653. The average molecular weight is 276 g/mol. The molecule has 0 atom stereocenters. The number of aliphatic carboxylic acids is 1. The van der Waals surface area contributed by atoms with Crippen LogP contribution in [-0.4, -0.2) is 31.2 Å². The van der Waals surface area contributed by atoms with Gasteiger partial charge in [0.2, 0.25) is 0 Å². The number of hydrogen-bond acceptors (Lipinski definition) is 4. The number of anilines is 1. The van der Waals surface area contributed by atoms with Gasteiger partial charge in [-0.25, -0.2) is 14.3 Å². The highest BCUT2D eigenvalue weighted by Crippen LogP contribution is 2.25. The molecule has 0 aromatic carbocycles. The van der Waals surface area contributed by atoms with Gasteiger partial charge in [0.25, 0.3) is 0 Å². The summed E-state index contributed by atoms with van der Waals surface area (Å²) < 4.78 is 1.72. The molecular weight excluding hydrogens is 256 g/mol. The summed E-state index contributed by atoms with van der Waals surface area (Å²) in [5.74, 6) is -0.417. The second kappa shape index (κ2) is 4.47. The van der Waals surface area contributed by atoms with E-state index in [1.807, 2.05) is 6.07 Å². The Morgan fingerprint density at radius 1 is 1.30 bits per heavy atom. The van der Waals surface area contributed by atoms with Gasteiger partial charge in [0.15, 0.2) is 5.82 Å². The smallest absolute Gasteiger partial charge is 0.328 e. The molecule has 6 heteroatoms. The molecule has 0 fully saturated rings. The van der Waals surface area contributed by atoms with E-state index in [2.05, 4.69) is 36.2 Å². The van der Waals surface area contributed by atoms with E-state index in [-0.39, 0.29) is 5.41 Å². The van der Waals surface area contributed by atoms with E-state index in [1.54, 1.807) is 30.8 Å². The van der Waals surface area contributed by atoms with Crippen molar-refractivity contribution in [2.45, 2.75) is 45.6 Å². The van der Waals surface area contributed by atoms with Gasteiger partial charge in [-0.3, -0.25) is 0 Å². The Balaban J connectivity index is 2.50. The van der Waals surface area contributed by atoms with E-state index in [0.717, 1.165) is 11.2 Å². The molecule has 2 aromatic heterocycles. The van der Waals surface area contributed by atoms with Gasteiger partial charge in [-0.15, -0.1) is 0 Å². The lowest BCUT2D eigenvalue weighted by Crippen LogP contribution is -2.40. The summed E-state index contributed by atoms with van der Waals surface area (Å²) in [6.45, 7) is 9.44. The first-order chi connectivity index (χ1) is 9.11. The largest absolute Gasteiger partial charge is 0.480 e. The number of nitrogens with one attached hydrogen (secondary N) is 1. The van der Waals surface area contributed by atoms with Crippen LogP contribution in [0.1, 0.15) is 40.3 Å². The molecule has 2 heterocycles. The molecule has 0 aliphatic heterocycles. The van der Waals surface area contributed by atoms with Crippen molar-refractivity contribution >= 4 is 17.3 Å². The third-order valence-electron chi connectivity index (χ3n) is 3.12. The van der Waals surface area contributed by atoms with Crippen molar-refractivity contribution in [3.8, 4) is 0 Å². The summed E-state index contributed by atoms with van der Waals surface area (Å²) in [6.07, 6.45) is 3.36. The molecule has 0 radical (unpaired) electrons. The standard InChI is InChI=1S/C14H20N4O2/c1-13(2,3)10-8-9-11(15-6-7-18(9)17-10)16-14(4,5)12(19)20/h6-8H,1-5H3,(H,15,16)(H,19,20). The van der Waals surface area contributed by atoms with Crippen LogP contribution in [0.5, 0.6) is 0 Å². The van der Waals surface area contributed by atoms with Gasteiger partial charge >= 0.3 is 5.97 Å². The molecule has 2 rings (SSSR count). The van der Waals surface area contributed by atoms with Crippen LogP contribution in [0.15, 0.2) is 18.5 Å². The lowest BCUT2D eigenvalue weighted by Gasteiger charge is -2.21. The fraction of sp³-hybridized carbons (Fsp3) is 0.500. The van der Waals surface area contributed by atoms with E-state index in [4.69, 9.17) is 0 Å². The van der Waals surface area contributed by atoms with Gasteiger partial charge in [0.05, 0.1) is 5.69 Å². The van der Waals surface area contributed by atoms with Gasteiger partial charge in [-0.05, 0) is 19.9 Å². The Kier molecular flexibility index (Phi) is 3.20. The van der Waals surface area contributed by atoms with Crippen molar-refractivity contribution < 1.29 is 9.90 Å². The van der Waals surface area contributed by atoms with Crippen LogP contribution in [0, 0.1) is 0 Å². The van der Waals surface area contributed by atoms with Gasteiger partial charge in [0.1, 0.15) is 11.1 Å². The SMILES string of the molecule is CC(C)(Nc1nccn2nc(C(C)(C)C)cc12)C(=O)O. The molecule has 0 amide bonds. The molecule has 20 heavy (non-hydrogen) atoms. The van der Waals surface area contributed by atoms with Crippen molar-refractivity contribution in [2.75, 3.05) is 5.32 Å². The average Bonchev–Trinajstić information content (AvgIpc) is 2.73. The van der Waals surface area contributed by atoms with Crippen LogP contribution in [0.25, 0.3) is 5.52 Å². The zero-order chi connectivity index (χ0) is 15.1. The molecule has 108 valence electrons. The Morgan fingerprint density at radius 3 is 2.50 bits per heavy atom. The summed E-state index contributed by atoms with van der Waals surface area (Å²) in [5, 5.41) is 16.7. The number of nitrogens with zero attached hydrogens (tertiary/aromatic N) is 3. The van der Waals surface area contributed by atoms with Gasteiger partial charge in [-0.2, -0.15) is 5.10 Å². The molecule has 2 N–H and O–H groups in total. The van der Waals surface area contributed by atoms with Crippen molar-refractivity contribution in [1.82, 2.24) is 14.6 Å². The number of carbonyl (C=O) groups is 1. The summed E-state index contributed by atoms with van der Waals surface area (Å²) in [7, 11) is 0. The predicted molar refractivity (Wildman–Crippen MR) is 77.0 cm³/mol. The van der Waals surface area contributed by atoms with E-state index >= 15 is 0 Å². The van der Waals surface area contributed by atoms with E-state index in [0.29, 0.717) is 5.82 Å². The molecule has 0 saturated carbocycles. The first-order valence-electron chi connectivity index (χ1n) is 6.48. The Hall–Kier alpha value is -2.11. The highest BCUT2D eigenvalue weighted by atomic mass is 16.4. The van der Waals surface area contributed by atoms with Crippen molar-refractivity contribution in [2.24, 2.45) is 0 Å². The van der Waals surface area contributed by atoms with Crippen molar-refractivity contribution in [1.29, 1.82) is 0 Å². The minimum atomic E-state index is -1.10. The van der Waals surface area contributed by atoms with E-state index in [1.165, 1.54) is 0 Å². The molecule has 0 aliphatic rings. The fourth-order valence-electron chi connectivity index (χ4n) is 1.73. The number of aromatic nitrogens is 3. The third-order valence-corrected chi connectivity index (χ3v) is 3.12. The number of carboxylic acids is 1. The zero-order valence-electron chi connectivity index (χ0n) is 12.4. The quantitative estimate of drug-likeness (QED) is 0.899. The van der Waals surface area contributed by atoms with E-state index < -0.39 is 11.5 Å². The summed E-state index contributed by atoms with van der Waals surface area (Å²) in [4.78, 5) is 15.4. The number of hydrogen-bond donors (Lipinski definition) is 2. The molecule has 0 unspecified atom stereocenters. The number of fused-ring (bicyclic) bond motifs is 1. The third kappa shape index (κ3) is 2.59. The number of rotatable bonds is 3. The normalized spacial score (nSPS) is 12.7. The lowest BCUT2D eigenvalue weighted by molar-refractivity contribution is -0.141. The van der Waals surface area contributed by atoms with Gasteiger partial charge in [-0.1, -0.05) is 20.8 Å². The van der Waals surface area contributed by atoms with Crippen LogP contribution in [0.4, 0.5) is 5.82 Å². The summed E-state index contributed by atoms with van der Waals surface area (Å²) in [6, 6.07) is 1.94. The summed E-state index contributed by atoms with van der Waals surface area (Å²) >= 11 is 0. The Labute approximate surface area is 117 Å². The molecular formula is C14H20N4O2. The van der Waals surface area contributed by atoms with Crippen molar-refractivity contribution in [3.05, 3.63) is 24.2 Å². The predicted octanol–water partition coefficient (Wildman–Crippen LogP) is 2.30. The molecule has 0 spiro atoms. The van der Waals surface area contributed by atoms with Gasteiger partial charge < -0.3 is 10.4 Å². The van der Waals surface area contributed by atoms with Crippen molar-refractivity contribution in [3.63, 3.8) is 0 Å². The maximum atomic E-state index is 11.2. The second-order valence-corrected chi connectivity index (χ2v) is 6.44. The first kappa shape index (κ1) is 14.3. The lowest BCUT2D eigenvalue weighted by atomic mass is 9.92. The fourth-order valence-corrected chi connectivity index (χ4v) is 1.73. The van der Waals surface area contributed by atoms with Crippen LogP contribution in [0.2, 0.25) is 0 Å². The molecule has 2 aromatic rings. The highest BCUT2D eigenvalue weighted by molar-refractivity contribution is 5.83. The molecule has 0 aliphatic carbocycles. The first-order valence-corrected chi connectivity index (χ1v) is 6.48. The topological polar surface area (TPSA) is 79.5 Å². The maximum Gasteiger partial charge on any atom is 0.328 e. The molecule has 6 nitrogen and oxygen atoms in total. The zero-order valence-corrected chi connectivity index (χ0v) is 12.4. The minimum Gasteiger partial charge on any atom is -0.480 e. The molecule has 0 saturated heterocycles. The maximum absolute atomic E-state index is 11.2. The monoisotopic (exact) mass is 276 g/mol. The van der Waals surface area contributed by atoms with Crippen LogP contribution in [0.3, 0.4) is 0 Å². The van der Waals surface area contributed by atoms with Crippen LogP contribution < -0.4 is 5.32 Å². The van der Waals surface area contributed by atoms with Gasteiger partial charge in [0, 0.05) is 17.8 Å². The minimum absolute atomic E-state index is 0.0778.